The van der Waals surface area contributed by atoms with E-state index in [9.17, 15) is 4.79 Å². The van der Waals surface area contributed by atoms with Crippen LogP contribution in [0.3, 0.4) is 0 Å². The van der Waals surface area contributed by atoms with Gasteiger partial charge in [0.15, 0.2) is 5.96 Å². The number of halogens is 1. The van der Waals surface area contributed by atoms with Crippen LogP contribution in [0.15, 0.2) is 23.3 Å². The number of hydrogen-bond donors (Lipinski definition) is 2. The summed E-state index contributed by atoms with van der Waals surface area (Å²) in [5, 5.41) is 6.29. The van der Waals surface area contributed by atoms with Crippen molar-refractivity contribution >= 4 is 35.8 Å². The number of hydrogen-bond acceptors (Lipinski definition) is 5. The van der Waals surface area contributed by atoms with Crippen molar-refractivity contribution in [2.45, 2.75) is 13.3 Å². The summed E-state index contributed by atoms with van der Waals surface area (Å²) >= 11 is 0. The van der Waals surface area contributed by atoms with Crippen molar-refractivity contribution in [3.8, 4) is 0 Å². The van der Waals surface area contributed by atoms with E-state index in [2.05, 4.69) is 36.5 Å². The summed E-state index contributed by atoms with van der Waals surface area (Å²) in [6, 6.07) is 4.15. The van der Waals surface area contributed by atoms with Gasteiger partial charge in [-0.1, -0.05) is 6.07 Å². The average Bonchev–Trinajstić information content (AvgIpc) is 2.68. The molecule has 0 unspecified atom stereocenters. The third-order valence-corrected chi connectivity index (χ3v) is 4.55. The number of rotatable bonds is 8. The van der Waals surface area contributed by atoms with E-state index in [0.29, 0.717) is 19.7 Å². The van der Waals surface area contributed by atoms with Gasteiger partial charge in [0.05, 0.1) is 13.2 Å². The van der Waals surface area contributed by atoms with Crippen molar-refractivity contribution in [3.05, 3.63) is 29.6 Å². The van der Waals surface area contributed by atoms with Gasteiger partial charge in [0.1, 0.15) is 0 Å². The fourth-order valence-corrected chi connectivity index (χ4v) is 2.97. The van der Waals surface area contributed by atoms with Crippen LogP contribution in [0.5, 0.6) is 0 Å². The lowest BCUT2D eigenvalue weighted by Gasteiger charge is -2.36. The van der Waals surface area contributed by atoms with Crippen molar-refractivity contribution in [3.63, 3.8) is 0 Å². The molecule has 0 spiro atoms. The predicted molar refractivity (Wildman–Crippen MR) is 122 cm³/mol. The second-order valence-corrected chi connectivity index (χ2v) is 6.64. The summed E-state index contributed by atoms with van der Waals surface area (Å²) in [4.78, 5) is 25.0. The second-order valence-electron chi connectivity index (χ2n) is 6.64. The number of amides is 1. The van der Waals surface area contributed by atoms with Gasteiger partial charge in [-0.25, -0.2) is 0 Å². The van der Waals surface area contributed by atoms with Crippen molar-refractivity contribution in [1.29, 1.82) is 0 Å². The van der Waals surface area contributed by atoms with Crippen LogP contribution in [-0.2, 0) is 16.0 Å². The molecule has 1 saturated heterocycles. The van der Waals surface area contributed by atoms with Crippen LogP contribution >= 0.6 is 24.0 Å². The molecule has 1 amide bonds. The molecule has 2 N–H and O–H groups in total. The molecule has 2 heterocycles. The Morgan fingerprint density at radius 1 is 1.21 bits per heavy atom. The quantitative estimate of drug-likeness (QED) is 0.233. The first-order chi connectivity index (χ1) is 13.1. The lowest BCUT2D eigenvalue weighted by atomic mass is 10.2. The Morgan fingerprint density at radius 3 is 2.57 bits per heavy atom. The standard InChI is InChI=1S/C19H32N6O2.HI/c1-16-4-5-17(14-23-16)6-7-22-19(20-2)25-11-9-24(10-12-25)15-18(26)21-8-13-27-3;/h4-5,14H,6-13,15H2,1-3H3,(H,20,22)(H,21,26);1H. The molecular formula is C19H33IN6O2. The van der Waals surface area contributed by atoms with Gasteiger partial charge in [0.2, 0.25) is 5.91 Å². The number of aryl methyl sites for hydroxylation is 1. The zero-order valence-corrected chi connectivity index (χ0v) is 19.4. The number of piperazine rings is 1. The number of pyridine rings is 1. The number of methoxy groups -OCH3 is 1. The molecule has 158 valence electrons. The number of ether oxygens (including phenoxy) is 1. The zero-order chi connectivity index (χ0) is 19.5. The van der Waals surface area contributed by atoms with Crippen LogP contribution in [0.2, 0.25) is 0 Å². The van der Waals surface area contributed by atoms with E-state index in [0.717, 1.165) is 50.8 Å². The minimum absolute atomic E-state index is 0. The number of aliphatic imine (C=N–C) groups is 1. The minimum Gasteiger partial charge on any atom is -0.383 e. The second kappa shape index (κ2) is 13.7. The van der Waals surface area contributed by atoms with E-state index in [1.807, 2.05) is 26.2 Å². The molecule has 0 bridgehead atoms. The van der Waals surface area contributed by atoms with Gasteiger partial charge in [0.25, 0.3) is 0 Å². The van der Waals surface area contributed by atoms with Gasteiger partial charge in [0, 0.05) is 65.3 Å². The van der Waals surface area contributed by atoms with Crippen LogP contribution in [0, 0.1) is 6.92 Å². The van der Waals surface area contributed by atoms with Gasteiger partial charge < -0.3 is 20.3 Å². The van der Waals surface area contributed by atoms with E-state index < -0.39 is 0 Å². The topological polar surface area (TPSA) is 82.1 Å². The Kier molecular flexibility index (Phi) is 12.0. The van der Waals surface area contributed by atoms with Gasteiger partial charge in [-0.15, -0.1) is 24.0 Å². The minimum atomic E-state index is 0. The number of aromatic nitrogens is 1. The molecule has 0 aromatic carbocycles. The fourth-order valence-electron chi connectivity index (χ4n) is 2.97. The van der Waals surface area contributed by atoms with Crippen LogP contribution < -0.4 is 10.6 Å². The molecule has 1 aromatic rings. The average molecular weight is 504 g/mol. The van der Waals surface area contributed by atoms with Crippen molar-refractivity contribution in [2.75, 3.05) is 66.6 Å². The molecular weight excluding hydrogens is 471 g/mol. The lowest BCUT2D eigenvalue weighted by molar-refractivity contribution is -0.122. The largest absolute Gasteiger partial charge is 0.383 e. The number of carbonyl (C=O) groups is 1. The van der Waals surface area contributed by atoms with Crippen molar-refractivity contribution < 1.29 is 9.53 Å². The molecule has 1 aliphatic heterocycles. The molecule has 1 fully saturated rings. The monoisotopic (exact) mass is 504 g/mol. The highest BCUT2D eigenvalue weighted by Gasteiger charge is 2.20. The Labute approximate surface area is 185 Å². The predicted octanol–water partition coefficient (Wildman–Crippen LogP) is 0.506. The van der Waals surface area contributed by atoms with Crippen molar-refractivity contribution in [2.24, 2.45) is 4.99 Å². The third kappa shape index (κ3) is 8.70. The summed E-state index contributed by atoms with van der Waals surface area (Å²) in [5.74, 6) is 0.967. The molecule has 1 aliphatic rings. The van der Waals surface area contributed by atoms with Crippen LogP contribution in [0.1, 0.15) is 11.3 Å². The van der Waals surface area contributed by atoms with E-state index in [1.165, 1.54) is 5.56 Å². The third-order valence-electron chi connectivity index (χ3n) is 4.55. The van der Waals surface area contributed by atoms with Gasteiger partial charge >= 0.3 is 0 Å². The molecule has 0 radical (unpaired) electrons. The Hall–Kier alpha value is -1.46. The first kappa shape index (κ1) is 24.6. The highest BCUT2D eigenvalue weighted by Crippen LogP contribution is 2.03. The highest BCUT2D eigenvalue weighted by molar-refractivity contribution is 14.0. The normalized spacial score (nSPS) is 15.1. The van der Waals surface area contributed by atoms with Gasteiger partial charge in [-0.2, -0.15) is 0 Å². The number of nitrogens with zero attached hydrogens (tertiary/aromatic N) is 4. The molecule has 2 rings (SSSR count). The number of guanidine groups is 1. The molecule has 1 aromatic heterocycles. The van der Waals surface area contributed by atoms with E-state index in [1.54, 1.807) is 7.11 Å². The molecule has 0 atom stereocenters. The first-order valence-corrected chi connectivity index (χ1v) is 9.47. The molecule has 28 heavy (non-hydrogen) atoms. The maximum atomic E-state index is 11.9. The van der Waals surface area contributed by atoms with Crippen LogP contribution in [0.25, 0.3) is 0 Å². The SMILES string of the molecule is CN=C(NCCc1ccc(C)nc1)N1CCN(CC(=O)NCCOC)CC1.I. The van der Waals surface area contributed by atoms with E-state index in [-0.39, 0.29) is 29.9 Å². The Bertz CT molecular complexity index is 603. The highest BCUT2D eigenvalue weighted by atomic mass is 127. The summed E-state index contributed by atoms with van der Waals surface area (Å²) in [5.41, 5.74) is 2.25. The Balaban J connectivity index is 0.00000392. The van der Waals surface area contributed by atoms with E-state index >= 15 is 0 Å². The molecule has 0 saturated carbocycles. The molecule has 0 aliphatic carbocycles. The maximum Gasteiger partial charge on any atom is 0.234 e. The summed E-state index contributed by atoms with van der Waals surface area (Å²) in [6.45, 7) is 7.76. The molecule has 8 nitrogen and oxygen atoms in total. The van der Waals surface area contributed by atoms with Crippen molar-refractivity contribution in [1.82, 2.24) is 25.4 Å². The zero-order valence-electron chi connectivity index (χ0n) is 17.1. The molecule has 9 heteroatoms. The summed E-state index contributed by atoms with van der Waals surface area (Å²) in [6.07, 6.45) is 2.84. The summed E-state index contributed by atoms with van der Waals surface area (Å²) in [7, 11) is 3.44. The number of nitrogens with one attached hydrogen (secondary N) is 2. The van der Waals surface area contributed by atoms with Gasteiger partial charge in [-0.3, -0.25) is 19.7 Å². The Morgan fingerprint density at radius 2 is 1.96 bits per heavy atom. The lowest BCUT2D eigenvalue weighted by Crippen LogP contribution is -2.54. The first-order valence-electron chi connectivity index (χ1n) is 9.47. The van der Waals surface area contributed by atoms with Gasteiger partial charge in [-0.05, 0) is 25.0 Å². The maximum absolute atomic E-state index is 11.9. The van der Waals surface area contributed by atoms with Crippen LogP contribution in [-0.4, -0.2) is 93.2 Å². The smallest absolute Gasteiger partial charge is 0.234 e. The number of carbonyl (C=O) groups excluding carboxylic acids is 1. The summed E-state index contributed by atoms with van der Waals surface area (Å²) < 4.78 is 4.94. The van der Waals surface area contributed by atoms with Crippen LogP contribution in [0.4, 0.5) is 0 Å². The fraction of sp³-hybridized carbons (Fsp3) is 0.632. The van der Waals surface area contributed by atoms with E-state index in [4.69, 9.17) is 4.74 Å².